The Morgan fingerprint density at radius 1 is 1.53 bits per heavy atom. The van der Waals surface area contributed by atoms with Crippen LogP contribution in [0.3, 0.4) is 0 Å². The second kappa shape index (κ2) is 4.75. The quantitative estimate of drug-likeness (QED) is 0.882. The van der Waals surface area contributed by atoms with Crippen molar-refractivity contribution in [2.75, 3.05) is 0 Å². The Balaban J connectivity index is 2.15. The topological polar surface area (TPSA) is 51.2 Å². The first-order chi connectivity index (χ1) is 8.11. The molecule has 0 radical (unpaired) electrons. The van der Waals surface area contributed by atoms with Crippen LogP contribution in [0.2, 0.25) is 0 Å². The van der Waals surface area contributed by atoms with Crippen molar-refractivity contribution in [2.24, 2.45) is 7.05 Å². The van der Waals surface area contributed by atoms with E-state index in [0.29, 0.717) is 6.42 Å². The van der Waals surface area contributed by atoms with Gasteiger partial charge in [-0.15, -0.1) is 0 Å². The van der Waals surface area contributed by atoms with Crippen LogP contribution in [0.15, 0.2) is 22.8 Å². The predicted octanol–water partition coefficient (Wildman–Crippen LogP) is 2.16. The smallest absolute Gasteiger partial charge is 0.106 e. The van der Waals surface area contributed by atoms with Crippen molar-refractivity contribution in [1.29, 1.82) is 0 Å². The molecule has 92 valence electrons. The maximum Gasteiger partial charge on any atom is 0.106 e. The summed E-state index contributed by atoms with van der Waals surface area (Å²) in [7, 11) is 1.91. The van der Waals surface area contributed by atoms with Crippen LogP contribution in [0, 0.1) is 6.92 Å². The molecule has 1 N–H and O–H groups in total. The molecule has 2 heterocycles. The highest BCUT2D eigenvalue weighted by Crippen LogP contribution is 2.22. The third-order valence-corrected chi connectivity index (χ3v) is 3.05. The van der Waals surface area contributed by atoms with Gasteiger partial charge in [-0.25, -0.2) is 0 Å². The molecule has 0 spiro atoms. The number of nitrogens with zero attached hydrogens (tertiary/aromatic N) is 2. The van der Waals surface area contributed by atoms with Gasteiger partial charge in [0.2, 0.25) is 0 Å². The Hall–Kier alpha value is -1.55. The Bertz CT molecular complexity index is 499. The summed E-state index contributed by atoms with van der Waals surface area (Å²) in [4.78, 5) is 0. The van der Waals surface area contributed by atoms with Gasteiger partial charge >= 0.3 is 0 Å². The van der Waals surface area contributed by atoms with Gasteiger partial charge in [-0.1, -0.05) is 6.92 Å². The summed E-state index contributed by atoms with van der Waals surface area (Å²) in [6.07, 6.45) is 2.54. The third kappa shape index (κ3) is 2.42. The lowest BCUT2D eigenvalue weighted by Gasteiger charge is -2.09. The number of aryl methyl sites for hydroxylation is 3. The predicted molar refractivity (Wildman–Crippen MR) is 64.7 cm³/mol. The zero-order valence-electron chi connectivity index (χ0n) is 10.5. The molecule has 0 aliphatic heterocycles. The van der Waals surface area contributed by atoms with E-state index in [-0.39, 0.29) is 0 Å². The van der Waals surface area contributed by atoms with Crippen molar-refractivity contribution in [3.05, 3.63) is 41.1 Å². The Morgan fingerprint density at radius 3 is 2.82 bits per heavy atom. The maximum atomic E-state index is 10.1. The minimum atomic E-state index is -0.533. The number of aliphatic hydroxyl groups is 1. The van der Waals surface area contributed by atoms with Crippen molar-refractivity contribution >= 4 is 0 Å². The van der Waals surface area contributed by atoms with Gasteiger partial charge in [0.25, 0.3) is 0 Å². The van der Waals surface area contributed by atoms with Crippen LogP contribution in [0.25, 0.3) is 0 Å². The van der Waals surface area contributed by atoms with Gasteiger partial charge in [0.15, 0.2) is 0 Å². The lowest BCUT2D eigenvalue weighted by molar-refractivity contribution is 0.174. The molecule has 1 atom stereocenters. The molecule has 4 nitrogen and oxygen atoms in total. The van der Waals surface area contributed by atoms with Crippen LogP contribution in [0.1, 0.15) is 35.7 Å². The van der Waals surface area contributed by atoms with Crippen molar-refractivity contribution in [3.63, 3.8) is 0 Å². The second-order valence-electron chi connectivity index (χ2n) is 4.26. The van der Waals surface area contributed by atoms with Crippen LogP contribution in [0.5, 0.6) is 0 Å². The van der Waals surface area contributed by atoms with Crippen molar-refractivity contribution in [2.45, 2.75) is 32.8 Å². The number of furan rings is 1. The summed E-state index contributed by atoms with van der Waals surface area (Å²) in [5.41, 5.74) is 2.94. The van der Waals surface area contributed by atoms with E-state index in [1.165, 1.54) is 0 Å². The average molecular weight is 234 g/mol. The molecular weight excluding hydrogens is 216 g/mol. The molecule has 0 saturated heterocycles. The number of hydrogen-bond donors (Lipinski definition) is 1. The Morgan fingerprint density at radius 2 is 2.29 bits per heavy atom. The van der Waals surface area contributed by atoms with Crippen LogP contribution in [0.4, 0.5) is 0 Å². The normalized spacial score (nSPS) is 12.9. The summed E-state index contributed by atoms with van der Waals surface area (Å²) < 4.78 is 7.03. The van der Waals surface area contributed by atoms with Gasteiger partial charge < -0.3 is 9.52 Å². The first kappa shape index (κ1) is 11.9. The van der Waals surface area contributed by atoms with Crippen LogP contribution < -0.4 is 0 Å². The molecular formula is C13H18N2O2. The standard InChI is InChI=1S/C13H18N2O2/c1-4-10-7-11(15(3)14-10)8-13(16)12-5-6-17-9(12)2/h5-7,13,16H,4,8H2,1-3H3. The van der Waals surface area contributed by atoms with Gasteiger partial charge in [0.1, 0.15) is 5.76 Å². The summed E-state index contributed by atoms with van der Waals surface area (Å²) in [6, 6.07) is 3.86. The van der Waals surface area contributed by atoms with Crippen LogP contribution >= 0.6 is 0 Å². The van der Waals surface area contributed by atoms with E-state index in [1.54, 1.807) is 6.26 Å². The van der Waals surface area contributed by atoms with E-state index in [0.717, 1.165) is 29.1 Å². The molecule has 2 rings (SSSR count). The van der Waals surface area contributed by atoms with E-state index in [1.807, 2.05) is 30.8 Å². The fourth-order valence-electron chi connectivity index (χ4n) is 1.98. The fraction of sp³-hybridized carbons (Fsp3) is 0.462. The van der Waals surface area contributed by atoms with Gasteiger partial charge in [0, 0.05) is 24.7 Å². The second-order valence-corrected chi connectivity index (χ2v) is 4.26. The van der Waals surface area contributed by atoms with Gasteiger partial charge in [-0.05, 0) is 25.5 Å². The molecule has 0 aromatic carbocycles. The number of aliphatic hydroxyl groups excluding tert-OH is 1. The molecule has 4 heteroatoms. The van der Waals surface area contributed by atoms with E-state index in [9.17, 15) is 5.11 Å². The highest BCUT2D eigenvalue weighted by Gasteiger charge is 2.15. The summed E-state index contributed by atoms with van der Waals surface area (Å²) >= 11 is 0. The average Bonchev–Trinajstić information content (AvgIpc) is 2.86. The summed E-state index contributed by atoms with van der Waals surface area (Å²) in [6.45, 7) is 3.93. The lowest BCUT2D eigenvalue weighted by Crippen LogP contribution is -2.06. The number of hydrogen-bond acceptors (Lipinski definition) is 3. The molecule has 2 aromatic rings. The molecule has 17 heavy (non-hydrogen) atoms. The molecule has 0 amide bonds. The highest BCUT2D eigenvalue weighted by atomic mass is 16.3. The maximum absolute atomic E-state index is 10.1. The van der Waals surface area contributed by atoms with E-state index in [2.05, 4.69) is 12.0 Å². The minimum absolute atomic E-state index is 0.533. The minimum Gasteiger partial charge on any atom is -0.469 e. The van der Waals surface area contributed by atoms with Crippen LogP contribution in [-0.2, 0) is 19.9 Å². The third-order valence-electron chi connectivity index (χ3n) is 3.05. The number of rotatable bonds is 4. The zero-order chi connectivity index (χ0) is 12.4. The molecule has 1 unspecified atom stereocenters. The molecule has 0 saturated carbocycles. The van der Waals surface area contributed by atoms with Crippen LogP contribution in [-0.4, -0.2) is 14.9 Å². The van der Waals surface area contributed by atoms with Crippen molar-refractivity contribution in [3.8, 4) is 0 Å². The van der Waals surface area contributed by atoms with E-state index >= 15 is 0 Å². The largest absolute Gasteiger partial charge is 0.469 e. The monoisotopic (exact) mass is 234 g/mol. The molecule has 0 fully saturated rings. The molecule has 0 aliphatic rings. The molecule has 0 aliphatic carbocycles. The first-order valence-corrected chi connectivity index (χ1v) is 5.85. The van der Waals surface area contributed by atoms with Gasteiger partial charge in [-0.3, -0.25) is 4.68 Å². The highest BCUT2D eigenvalue weighted by molar-refractivity contribution is 5.21. The lowest BCUT2D eigenvalue weighted by atomic mass is 10.1. The van der Waals surface area contributed by atoms with E-state index < -0.39 is 6.10 Å². The first-order valence-electron chi connectivity index (χ1n) is 5.85. The van der Waals surface area contributed by atoms with Gasteiger partial charge in [-0.2, -0.15) is 5.10 Å². The Labute approximate surface area is 101 Å². The summed E-state index contributed by atoms with van der Waals surface area (Å²) in [5, 5.41) is 14.5. The van der Waals surface area contributed by atoms with Gasteiger partial charge in [0.05, 0.1) is 18.1 Å². The SMILES string of the molecule is CCc1cc(CC(O)c2ccoc2C)n(C)n1. The fourth-order valence-corrected chi connectivity index (χ4v) is 1.98. The summed E-state index contributed by atoms with van der Waals surface area (Å²) in [5.74, 6) is 0.774. The van der Waals surface area contributed by atoms with Crippen molar-refractivity contribution in [1.82, 2.24) is 9.78 Å². The number of aromatic nitrogens is 2. The molecule has 0 bridgehead atoms. The Kier molecular flexibility index (Phi) is 3.33. The van der Waals surface area contributed by atoms with E-state index in [4.69, 9.17) is 4.42 Å². The van der Waals surface area contributed by atoms with Crippen molar-refractivity contribution < 1.29 is 9.52 Å². The zero-order valence-corrected chi connectivity index (χ0v) is 10.5. The molecule has 2 aromatic heterocycles.